The summed E-state index contributed by atoms with van der Waals surface area (Å²) in [4.78, 5) is 49.6. The van der Waals surface area contributed by atoms with Crippen LogP contribution in [-0.2, 0) is 30.4 Å². The summed E-state index contributed by atoms with van der Waals surface area (Å²) in [5.41, 5.74) is 3.09. The summed E-state index contributed by atoms with van der Waals surface area (Å²) in [6.45, 7) is 0. The second-order valence-corrected chi connectivity index (χ2v) is 6.36. The van der Waals surface area contributed by atoms with Crippen molar-refractivity contribution in [3.8, 4) is 0 Å². The Morgan fingerprint density at radius 2 is 1.48 bits per heavy atom. The summed E-state index contributed by atoms with van der Waals surface area (Å²) in [5, 5.41) is 8.46. The van der Waals surface area contributed by atoms with E-state index in [1.54, 1.807) is 0 Å². The van der Waals surface area contributed by atoms with Crippen LogP contribution in [0.5, 0.6) is 0 Å². The molecule has 0 saturated carbocycles. The Hall–Kier alpha value is -2.70. The molecule has 0 saturated heterocycles. The fourth-order valence-electron chi connectivity index (χ4n) is 2.47. The fraction of sp³-hybridized carbons (Fsp3) is 0.500. The third-order valence-corrected chi connectivity index (χ3v) is 3.90. The predicted octanol–water partition coefficient (Wildman–Crippen LogP) is 2.97. The van der Waals surface area contributed by atoms with Crippen LogP contribution in [0.25, 0.3) is 0 Å². The van der Waals surface area contributed by atoms with Crippen molar-refractivity contribution in [1.82, 2.24) is 5.48 Å². The van der Waals surface area contributed by atoms with E-state index in [0.29, 0.717) is 19.3 Å². The summed E-state index contributed by atoms with van der Waals surface area (Å²) in [7, 11) is 0. The number of carboxylic acid groups (broad SMARTS) is 1. The van der Waals surface area contributed by atoms with Gasteiger partial charge in [0.15, 0.2) is 0 Å². The van der Waals surface area contributed by atoms with Gasteiger partial charge < -0.3 is 9.94 Å². The van der Waals surface area contributed by atoms with E-state index in [1.807, 2.05) is 30.3 Å². The molecule has 0 unspecified atom stereocenters. The highest BCUT2D eigenvalue weighted by atomic mass is 16.7. The van der Waals surface area contributed by atoms with E-state index < -0.39 is 11.9 Å². The number of ketones is 1. The lowest BCUT2D eigenvalue weighted by atomic mass is 10.0. The van der Waals surface area contributed by atoms with Gasteiger partial charge in [-0.2, -0.15) is 5.48 Å². The third-order valence-electron chi connectivity index (χ3n) is 3.90. The van der Waals surface area contributed by atoms with E-state index in [4.69, 9.17) is 5.11 Å². The van der Waals surface area contributed by atoms with Crippen LogP contribution in [0.2, 0.25) is 0 Å². The molecule has 2 N–H and O–H groups in total. The lowest BCUT2D eigenvalue weighted by Crippen LogP contribution is -2.26. The first-order chi connectivity index (χ1) is 13.0. The molecule has 1 rings (SSSR count). The minimum Gasteiger partial charge on any atom is -0.481 e. The van der Waals surface area contributed by atoms with E-state index >= 15 is 0 Å². The van der Waals surface area contributed by atoms with Crippen LogP contribution in [0.1, 0.15) is 63.4 Å². The maximum absolute atomic E-state index is 11.9. The SMILES string of the molecule is O=C(O)CCCC(=O)ONC(=O)CCCCCCC(=O)Cc1ccccc1. The summed E-state index contributed by atoms with van der Waals surface area (Å²) < 4.78 is 0. The molecular weight excluding hydrogens is 350 g/mol. The fourth-order valence-corrected chi connectivity index (χ4v) is 2.47. The number of carbonyl (C=O) groups is 4. The molecule has 0 fully saturated rings. The molecule has 0 atom stereocenters. The second kappa shape index (κ2) is 13.5. The number of hydrogen-bond donors (Lipinski definition) is 2. The standard InChI is InChI=1S/C20H27NO6/c22-17(15-16-9-4-3-5-10-16)11-6-1-2-7-12-18(23)21-27-20(26)14-8-13-19(24)25/h3-5,9-10H,1-2,6-8,11-15H2,(H,21,23)(H,24,25). The number of hydroxylamine groups is 1. The van der Waals surface area contributed by atoms with Crippen molar-refractivity contribution < 1.29 is 29.1 Å². The van der Waals surface area contributed by atoms with E-state index in [0.717, 1.165) is 24.8 Å². The van der Waals surface area contributed by atoms with Crippen LogP contribution in [0.4, 0.5) is 0 Å². The zero-order chi connectivity index (χ0) is 19.9. The van der Waals surface area contributed by atoms with Gasteiger partial charge in [-0.3, -0.25) is 14.4 Å². The molecule has 0 bridgehead atoms. The summed E-state index contributed by atoms with van der Waals surface area (Å²) in [5.74, 6) is -1.80. The number of amides is 1. The monoisotopic (exact) mass is 377 g/mol. The number of carbonyl (C=O) groups excluding carboxylic acids is 3. The number of unbranched alkanes of at least 4 members (excludes halogenated alkanes) is 3. The van der Waals surface area contributed by atoms with Gasteiger partial charge >= 0.3 is 11.9 Å². The van der Waals surface area contributed by atoms with Gasteiger partial charge in [0.25, 0.3) is 5.91 Å². The lowest BCUT2D eigenvalue weighted by molar-refractivity contribution is -0.158. The van der Waals surface area contributed by atoms with Gasteiger partial charge in [-0.1, -0.05) is 43.2 Å². The second-order valence-electron chi connectivity index (χ2n) is 6.36. The van der Waals surface area contributed by atoms with E-state index in [2.05, 4.69) is 10.3 Å². The first kappa shape index (κ1) is 22.3. The molecule has 0 radical (unpaired) electrons. The van der Waals surface area contributed by atoms with Crippen molar-refractivity contribution in [3.05, 3.63) is 35.9 Å². The lowest BCUT2D eigenvalue weighted by Gasteiger charge is -2.05. The van der Waals surface area contributed by atoms with Crippen molar-refractivity contribution in [2.45, 2.75) is 64.2 Å². The first-order valence-corrected chi connectivity index (χ1v) is 9.23. The van der Waals surface area contributed by atoms with Crippen LogP contribution in [0, 0.1) is 0 Å². The average molecular weight is 377 g/mol. The number of benzene rings is 1. The highest BCUT2D eigenvalue weighted by Gasteiger charge is 2.08. The maximum Gasteiger partial charge on any atom is 0.332 e. The summed E-state index contributed by atoms with van der Waals surface area (Å²) in [6.07, 6.45) is 4.37. The average Bonchev–Trinajstić information content (AvgIpc) is 2.63. The zero-order valence-corrected chi connectivity index (χ0v) is 15.4. The van der Waals surface area contributed by atoms with Crippen LogP contribution < -0.4 is 5.48 Å². The molecule has 7 nitrogen and oxygen atoms in total. The number of hydrogen-bond acceptors (Lipinski definition) is 5. The molecule has 7 heteroatoms. The third kappa shape index (κ3) is 12.3. The molecule has 1 aromatic rings. The van der Waals surface area contributed by atoms with Gasteiger partial charge in [-0.15, -0.1) is 0 Å². The molecular formula is C20H27NO6. The Kier molecular flexibility index (Phi) is 11.2. The van der Waals surface area contributed by atoms with Crippen molar-refractivity contribution in [3.63, 3.8) is 0 Å². The van der Waals surface area contributed by atoms with Gasteiger partial charge in [0.2, 0.25) is 0 Å². The molecule has 1 amide bonds. The normalized spacial score (nSPS) is 10.2. The largest absolute Gasteiger partial charge is 0.481 e. The minimum absolute atomic E-state index is 0.0520. The first-order valence-electron chi connectivity index (χ1n) is 9.23. The van der Waals surface area contributed by atoms with E-state index in [-0.39, 0.29) is 37.4 Å². The molecule has 0 aromatic heterocycles. The molecule has 148 valence electrons. The molecule has 0 aliphatic rings. The van der Waals surface area contributed by atoms with Gasteiger partial charge in [0.1, 0.15) is 5.78 Å². The maximum atomic E-state index is 11.9. The smallest absolute Gasteiger partial charge is 0.332 e. The van der Waals surface area contributed by atoms with Crippen LogP contribution >= 0.6 is 0 Å². The zero-order valence-electron chi connectivity index (χ0n) is 15.4. The van der Waals surface area contributed by atoms with E-state index in [9.17, 15) is 19.2 Å². The topological polar surface area (TPSA) is 110 Å². The van der Waals surface area contributed by atoms with Crippen molar-refractivity contribution in [2.75, 3.05) is 0 Å². The molecule has 1 aromatic carbocycles. The van der Waals surface area contributed by atoms with Gasteiger partial charge in [-0.05, 0) is 24.8 Å². The van der Waals surface area contributed by atoms with Gasteiger partial charge in [0.05, 0.1) is 0 Å². The highest BCUT2D eigenvalue weighted by Crippen LogP contribution is 2.08. The predicted molar refractivity (Wildman–Crippen MR) is 98.6 cm³/mol. The summed E-state index contributed by atoms with van der Waals surface area (Å²) >= 11 is 0. The Morgan fingerprint density at radius 3 is 2.15 bits per heavy atom. The van der Waals surface area contributed by atoms with Gasteiger partial charge in [-0.25, -0.2) is 4.79 Å². The van der Waals surface area contributed by atoms with Crippen LogP contribution in [0.15, 0.2) is 30.3 Å². The van der Waals surface area contributed by atoms with Crippen LogP contribution in [-0.4, -0.2) is 28.7 Å². The number of carboxylic acids is 1. The highest BCUT2D eigenvalue weighted by molar-refractivity contribution is 5.80. The molecule has 27 heavy (non-hydrogen) atoms. The number of nitrogens with one attached hydrogen (secondary N) is 1. The number of Topliss-reactive ketones (excluding diaryl/α,β-unsaturated/α-hetero) is 1. The Labute approximate surface area is 159 Å². The summed E-state index contributed by atoms with van der Waals surface area (Å²) in [6, 6.07) is 9.64. The van der Waals surface area contributed by atoms with Crippen LogP contribution in [0.3, 0.4) is 0 Å². The van der Waals surface area contributed by atoms with Crippen molar-refractivity contribution in [1.29, 1.82) is 0 Å². The van der Waals surface area contributed by atoms with Crippen molar-refractivity contribution >= 4 is 23.6 Å². The Balaban J connectivity index is 1.98. The van der Waals surface area contributed by atoms with Crippen molar-refractivity contribution in [2.24, 2.45) is 0 Å². The quantitative estimate of drug-likeness (QED) is 0.404. The molecule has 0 aliphatic carbocycles. The van der Waals surface area contributed by atoms with E-state index in [1.165, 1.54) is 0 Å². The Bertz CT molecular complexity index is 614. The molecule has 0 aliphatic heterocycles. The van der Waals surface area contributed by atoms with Gasteiger partial charge in [0, 0.05) is 32.1 Å². The number of rotatable bonds is 13. The molecule has 0 spiro atoms. The Morgan fingerprint density at radius 1 is 0.815 bits per heavy atom. The number of aliphatic carboxylic acids is 1. The minimum atomic E-state index is -0.978. The molecule has 0 heterocycles.